The molecule has 0 aliphatic carbocycles. The van der Waals surface area contributed by atoms with Gasteiger partial charge in [0, 0.05) is 29.1 Å². The molecule has 0 aliphatic heterocycles. The van der Waals surface area contributed by atoms with Gasteiger partial charge in [-0.3, -0.25) is 4.98 Å². The van der Waals surface area contributed by atoms with Gasteiger partial charge in [-0.15, -0.1) is 0 Å². The van der Waals surface area contributed by atoms with Crippen LogP contribution in [0.2, 0.25) is 0 Å². The van der Waals surface area contributed by atoms with Gasteiger partial charge in [0.05, 0.1) is 17.8 Å². The third kappa shape index (κ3) is 2.03. The van der Waals surface area contributed by atoms with Crippen LogP contribution in [0.25, 0.3) is 27.2 Å². The van der Waals surface area contributed by atoms with Gasteiger partial charge in [0.15, 0.2) is 0 Å². The molecule has 0 saturated carbocycles. The average Bonchev–Trinajstić information content (AvgIpc) is 2.84. The second-order valence-corrected chi connectivity index (χ2v) is 4.13. The fourth-order valence-electron chi connectivity index (χ4n) is 2.21. The summed E-state index contributed by atoms with van der Waals surface area (Å²) in [6.07, 6.45) is 5.72. The molecule has 3 heterocycles. The van der Waals surface area contributed by atoms with Crippen LogP contribution in [0.3, 0.4) is 0 Å². The van der Waals surface area contributed by atoms with E-state index in [-0.39, 0.29) is 0 Å². The van der Waals surface area contributed by atoms with Gasteiger partial charge in [0.2, 0.25) is 0 Å². The molecule has 0 atom stereocenters. The molecule has 0 saturated heterocycles. The predicted molar refractivity (Wildman–Crippen MR) is 73.5 cm³/mol. The molecule has 3 aromatic heterocycles. The largest absolute Gasteiger partial charge is 0.323 e. The van der Waals surface area contributed by atoms with Gasteiger partial charge in [0.1, 0.15) is 0 Å². The lowest BCUT2D eigenvalue weighted by Gasteiger charge is -2.02. The van der Waals surface area contributed by atoms with Crippen LogP contribution in [0.5, 0.6) is 0 Å². The van der Waals surface area contributed by atoms with Crippen molar-refractivity contribution in [1.29, 1.82) is 0 Å². The third-order valence-electron chi connectivity index (χ3n) is 2.99. The van der Waals surface area contributed by atoms with Crippen molar-refractivity contribution in [2.24, 2.45) is 5.11 Å². The Kier molecular flexibility index (Phi) is 2.88. The van der Waals surface area contributed by atoms with Crippen LogP contribution in [-0.2, 0) is 6.54 Å². The highest BCUT2D eigenvalue weighted by Crippen LogP contribution is 2.29. The van der Waals surface area contributed by atoms with Gasteiger partial charge in [-0.05, 0) is 35.4 Å². The highest BCUT2D eigenvalue weighted by molar-refractivity contribution is 5.82. The van der Waals surface area contributed by atoms with Gasteiger partial charge in [0.25, 0.3) is 0 Å². The van der Waals surface area contributed by atoms with E-state index in [0.717, 1.165) is 22.3 Å². The van der Waals surface area contributed by atoms with Crippen LogP contribution in [-0.4, -0.2) is 9.38 Å². The lowest BCUT2D eigenvalue weighted by molar-refractivity contribution is 1.04. The molecule has 5 heteroatoms. The zero-order valence-electron chi connectivity index (χ0n) is 10.1. The maximum Gasteiger partial charge on any atom is 0.0726 e. The topological polar surface area (TPSA) is 66.1 Å². The molecule has 3 aromatic rings. The van der Waals surface area contributed by atoms with Gasteiger partial charge < -0.3 is 4.40 Å². The molecule has 0 bridgehead atoms. The van der Waals surface area contributed by atoms with Crippen LogP contribution in [0.1, 0.15) is 5.56 Å². The Balaban J connectivity index is 2.27. The first-order valence-electron chi connectivity index (χ1n) is 5.91. The predicted octanol–water partition coefficient (Wildman–Crippen LogP) is 3.81. The van der Waals surface area contributed by atoms with E-state index in [1.54, 1.807) is 6.20 Å². The van der Waals surface area contributed by atoms with Crippen molar-refractivity contribution in [2.45, 2.75) is 6.54 Å². The van der Waals surface area contributed by atoms with Crippen molar-refractivity contribution in [3.8, 4) is 11.3 Å². The molecule has 0 aliphatic rings. The molecule has 0 amide bonds. The molecular formula is C14H11N5. The summed E-state index contributed by atoms with van der Waals surface area (Å²) in [7, 11) is 0. The van der Waals surface area contributed by atoms with Crippen LogP contribution in [0, 0.1) is 0 Å². The minimum absolute atomic E-state index is 0.323. The molecule has 0 radical (unpaired) electrons. The fourth-order valence-corrected chi connectivity index (χ4v) is 2.21. The third-order valence-corrected chi connectivity index (χ3v) is 2.99. The number of rotatable bonds is 3. The number of fused-ring (bicyclic) bond motifs is 1. The van der Waals surface area contributed by atoms with E-state index in [9.17, 15) is 0 Å². The summed E-state index contributed by atoms with van der Waals surface area (Å²) >= 11 is 0. The Morgan fingerprint density at radius 1 is 1.21 bits per heavy atom. The fraction of sp³-hybridized carbons (Fsp3) is 0.0714. The lowest BCUT2D eigenvalue weighted by Crippen LogP contribution is -1.86. The molecule has 0 spiro atoms. The molecule has 5 nitrogen and oxygen atoms in total. The van der Waals surface area contributed by atoms with E-state index in [4.69, 9.17) is 5.53 Å². The summed E-state index contributed by atoms with van der Waals surface area (Å²) in [6.45, 7) is 0.323. The highest BCUT2D eigenvalue weighted by atomic mass is 15.1. The highest BCUT2D eigenvalue weighted by Gasteiger charge is 2.12. The van der Waals surface area contributed by atoms with Crippen molar-refractivity contribution < 1.29 is 0 Å². The minimum atomic E-state index is 0.323. The molecule has 0 aromatic carbocycles. The van der Waals surface area contributed by atoms with Gasteiger partial charge in [-0.25, -0.2) is 0 Å². The number of pyridine rings is 2. The summed E-state index contributed by atoms with van der Waals surface area (Å²) in [5.74, 6) is 0. The van der Waals surface area contributed by atoms with Crippen molar-refractivity contribution in [1.82, 2.24) is 9.38 Å². The number of hydrogen-bond donors (Lipinski definition) is 0. The normalized spacial score (nSPS) is 10.3. The summed E-state index contributed by atoms with van der Waals surface area (Å²) in [5, 5.41) is 3.66. The van der Waals surface area contributed by atoms with Crippen LogP contribution < -0.4 is 0 Å². The van der Waals surface area contributed by atoms with E-state index in [0.29, 0.717) is 6.54 Å². The Morgan fingerprint density at radius 3 is 2.89 bits per heavy atom. The Labute approximate surface area is 109 Å². The minimum Gasteiger partial charge on any atom is -0.323 e. The number of nitrogens with zero attached hydrogens (tertiary/aromatic N) is 5. The average molecular weight is 249 g/mol. The Bertz CT molecular complexity index is 754. The van der Waals surface area contributed by atoms with Crippen LogP contribution in [0.4, 0.5) is 0 Å². The van der Waals surface area contributed by atoms with E-state index in [1.165, 1.54) is 0 Å². The SMILES string of the molecule is [N-]=[N+]=NCc1cn2ccccc2c1-c1ccccn1. The first kappa shape index (κ1) is 11.3. The quantitative estimate of drug-likeness (QED) is 0.395. The smallest absolute Gasteiger partial charge is 0.0726 e. The van der Waals surface area contributed by atoms with Crippen molar-refractivity contribution in [3.05, 3.63) is 71.0 Å². The maximum absolute atomic E-state index is 8.50. The van der Waals surface area contributed by atoms with E-state index in [2.05, 4.69) is 15.0 Å². The van der Waals surface area contributed by atoms with Crippen LogP contribution >= 0.6 is 0 Å². The first-order chi connectivity index (χ1) is 9.40. The zero-order valence-corrected chi connectivity index (χ0v) is 10.1. The molecule has 19 heavy (non-hydrogen) atoms. The summed E-state index contributed by atoms with van der Waals surface area (Å²) < 4.78 is 2.02. The molecule has 3 rings (SSSR count). The van der Waals surface area contributed by atoms with Crippen molar-refractivity contribution >= 4 is 5.52 Å². The second kappa shape index (κ2) is 4.84. The number of azide groups is 1. The van der Waals surface area contributed by atoms with Gasteiger partial charge in [-0.2, -0.15) is 0 Å². The van der Waals surface area contributed by atoms with Gasteiger partial charge in [-0.1, -0.05) is 17.2 Å². The lowest BCUT2D eigenvalue weighted by atomic mass is 10.1. The van der Waals surface area contributed by atoms with Crippen molar-refractivity contribution in [3.63, 3.8) is 0 Å². The molecule has 0 unspecified atom stereocenters. The molecule has 0 fully saturated rings. The van der Waals surface area contributed by atoms with E-state index in [1.807, 2.05) is 53.2 Å². The number of aromatic nitrogens is 2. The monoisotopic (exact) mass is 249 g/mol. The molecule has 92 valence electrons. The second-order valence-electron chi connectivity index (χ2n) is 4.13. The zero-order chi connectivity index (χ0) is 13.1. The van der Waals surface area contributed by atoms with Crippen molar-refractivity contribution in [2.75, 3.05) is 0 Å². The standard InChI is InChI=1S/C14H11N5/c15-18-17-9-11-10-19-8-4-2-6-13(19)14(11)12-5-1-3-7-16-12/h1-8,10H,9H2. The van der Waals surface area contributed by atoms with Gasteiger partial charge >= 0.3 is 0 Å². The van der Waals surface area contributed by atoms with E-state index < -0.39 is 0 Å². The summed E-state index contributed by atoms with van der Waals surface area (Å²) in [5.41, 5.74) is 12.4. The summed E-state index contributed by atoms with van der Waals surface area (Å²) in [6, 6.07) is 11.8. The Morgan fingerprint density at radius 2 is 2.11 bits per heavy atom. The molecule has 0 N–H and O–H groups in total. The van der Waals surface area contributed by atoms with Crippen LogP contribution in [0.15, 0.2) is 60.1 Å². The van der Waals surface area contributed by atoms with E-state index >= 15 is 0 Å². The summed E-state index contributed by atoms with van der Waals surface area (Å²) in [4.78, 5) is 7.22. The number of hydrogen-bond acceptors (Lipinski definition) is 2. The maximum atomic E-state index is 8.50. The first-order valence-corrected chi connectivity index (χ1v) is 5.91. The Hall–Kier alpha value is -2.78. The molecular weight excluding hydrogens is 238 g/mol.